The first-order valence-corrected chi connectivity index (χ1v) is 9.04. The predicted octanol–water partition coefficient (Wildman–Crippen LogP) is 3.20. The smallest absolute Gasteiger partial charge is 0.287 e. The standard InChI is InChI=1S/C20H15ClN4O5/c1-23(11-17-6-7-18(30-17)13-2-4-15(21)5-3-13)19(26)12-24-10-16(25(28)29)8-14(9-22)20(24)27/h2-8,10H,11-12H2,1H3. The van der Waals surface area contributed by atoms with Crippen LogP contribution in [0.15, 0.2) is 57.9 Å². The van der Waals surface area contributed by atoms with Crippen molar-refractivity contribution in [3.8, 4) is 17.4 Å². The minimum absolute atomic E-state index is 0.126. The summed E-state index contributed by atoms with van der Waals surface area (Å²) in [6.45, 7) is -0.322. The van der Waals surface area contributed by atoms with Gasteiger partial charge in [0.15, 0.2) is 0 Å². The molecule has 0 aliphatic heterocycles. The van der Waals surface area contributed by atoms with E-state index in [1.807, 2.05) is 0 Å². The molecule has 0 unspecified atom stereocenters. The Kier molecular flexibility index (Phi) is 5.99. The molecule has 1 aromatic carbocycles. The second-order valence-corrected chi connectivity index (χ2v) is 6.87. The van der Waals surface area contributed by atoms with Crippen molar-refractivity contribution in [2.45, 2.75) is 13.1 Å². The lowest BCUT2D eigenvalue weighted by Gasteiger charge is -2.16. The van der Waals surface area contributed by atoms with Gasteiger partial charge in [-0.2, -0.15) is 5.26 Å². The molecule has 3 aromatic rings. The fourth-order valence-corrected chi connectivity index (χ4v) is 2.86. The van der Waals surface area contributed by atoms with Crippen LogP contribution < -0.4 is 5.56 Å². The predicted molar refractivity (Wildman–Crippen MR) is 108 cm³/mol. The molecule has 0 aliphatic rings. The van der Waals surface area contributed by atoms with E-state index >= 15 is 0 Å². The van der Waals surface area contributed by atoms with Crippen LogP contribution in [0.2, 0.25) is 5.02 Å². The number of carbonyl (C=O) groups excluding carboxylic acids is 1. The molecule has 1 amide bonds. The lowest BCUT2D eigenvalue weighted by molar-refractivity contribution is -0.385. The van der Waals surface area contributed by atoms with E-state index in [-0.39, 0.29) is 6.54 Å². The van der Waals surface area contributed by atoms with Gasteiger partial charge >= 0.3 is 0 Å². The van der Waals surface area contributed by atoms with Crippen molar-refractivity contribution >= 4 is 23.2 Å². The van der Waals surface area contributed by atoms with E-state index in [2.05, 4.69) is 0 Å². The molecule has 0 bridgehead atoms. The number of halogens is 1. The Balaban J connectivity index is 1.74. The Morgan fingerprint density at radius 2 is 2.00 bits per heavy atom. The molecule has 10 heteroatoms. The van der Waals surface area contributed by atoms with Gasteiger partial charge in [-0.1, -0.05) is 11.6 Å². The SMILES string of the molecule is CN(Cc1ccc(-c2ccc(Cl)cc2)o1)C(=O)Cn1cc([N+](=O)[O-])cc(C#N)c1=O. The first kappa shape index (κ1) is 20.8. The maximum absolute atomic E-state index is 12.5. The second-order valence-electron chi connectivity index (χ2n) is 6.44. The summed E-state index contributed by atoms with van der Waals surface area (Å²) in [7, 11) is 1.51. The van der Waals surface area contributed by atoms with Gasteiger partial charge in [-0.05, 0) is 36.4 Å². The highest BCUT2D eigenvalue weighted by Crippen LogP contribution is 2.24. The Morgan fingerprint density at radius 1 is 1.30 bits per heavy atom. The highest BCUT2D eigenvalue weighted by Gasteiger charge is 2.18. The molecule has 3 rings (SSSR count). The maximum atomic E-state index is 12.5. The molecule has 9 nitrogen and oxygen atoms in total. The molecule has 0 fully saturated rings. The number of rotatable bonds is 6. The largest absolute Gasteiger partial charge is 0.459 e. The molecule has 0 N–H and O–H groups in total. The number of amides is 1. The van der Waals surface area contributed by atoms with Crippen LogP contribution in [0.3, 0.4) is 0 Å². The number of aromatic nitrogens is 1. The van der Waals surface area contributed by atoms with E-state index in [9.17, 15) is 19.7 Å². The number of nitriles is 1. The molecule has 30 heavy (non-hydrogen) atoms. The van der Waals surface area contributed by atoms with E-state index < -0.39 is 34.2 Å². The summed E-state index contributed by atoms with van der Waals surface area (Å²) in [5.41, 5.74) is -0.793. The fraction of sp³-hybridized carbons (Fsp3) is 0.150. The van der Waals surface area contributed by atoms with Crippen LogP contribution in [-0.4, -0.2) is 27.3 Å². The molecule has 0 aliphatic carbocycles. The van der Waals surface area contributed by atoms with Gasteiger partial charge in [0.1, 0.15) is 29.7 Å². The summed E-state index contributed by atoms with van der Waals surface area (Å²) in [5, 5.41) is 20.6. The van der Waals surface area contributed by atoms with Crippen molar-refractivity contribution in [1.29, 1.82) is 5.26 Å². The van der Waals surface area contributed by atoms with E-state index in [0.717, 1.165) is 22.4 Å². The van der Waals surface area contributed by atoms with Crippen molar-refractivity contribution in [1.82, 2.24) is 9.47 Å². The lowest BCUT2D eigenvalue weighted by atomic mass is 10.2. The van der Waals surface area contributed by atoms with Gasteiger partial charge < -0.3 is 9.32 Å². The maximum Gasteiger partial charge on any atom is 0.287 e. The average molecular weight is 427 g/mol. The third-order valence-electron chi connectivity index (χ3n) is 4.32. The molecule has 2 aromatic heterocycles. The van der Waals surface area contributed by atoms with Crippen LogP contribution in [-0.2, 0) is 17.9 Å². The van der Waals surface area contributed by atoms with Crippen LogP contribution in [0.5, 0.6) is 0 Å². The zero-order valence-electron chi connectivity index (χ0n) is 15.7. The Bertz CT molecular complexity index is 1210. The van der Waals surface area contributed by atoms with Crippen molar-refractivity contribution in [3.63, 3.8) is 0 Å². The minimum atomic E-state index is -0.770. The number of hydrogen-bond acceptors (Lipinski definition) is 6. The normalized spacial score (nSPS) is 10.4. The lowest BCUT2D eigenvalue weighted by Crippen LogP contribution is -2.34. The molecular weight excluding hydrogens is 412 g/mol. The second kappa shape index (κ2) is 8.63. The minimum Gasteiger partial charge on any atom is -0.459 e. The zero-order valence-corrected chi connectivity index (χ0v) is 16.5. The van der Waals surface area contributed by atoms with E-state index in [1.165, 1.54) is 11.9 Å². The highest BCUT2D eigenvalue weighted by molar-refractivity contribution is 6.30. The number of carbonyl (C=O) groups is 1. The van der Waals surface area contributed by atoms with E-state index in [4.69, 9.17) is 21.3 Å². The number of nitrogens with zero attached hydrogens (tertiary/aromatic N) is 4. The summed E-state index contributed by atoms with van der Waals surface area (Å²) in [6.07, 6.45) is 0.945. The summed E-state index contributed by atoms with van der Waals surface area (Å²) in [5.74, 6) is 0.641. The fourth-order valence-electron chi connectivity index (χ4n) is 2.74. The first-order valence-electron chi connectivity index (χ1n) is 8.66. The molecular formula is C20H15ClN4O5. The van der Waals surface area contributed by atoms with Crippen molar-refractivity contribution in [3.05, 3.63) is 85.5 Å². The van der Waals surface area contributed by atoms with Crippen LogP contribution in [0.1, 0.15) is 11.3 Å². The third-order valence-corrected chi connectivity index (χ3v) is 4.57. The van der Waals surface area contributed by atoms with Gasteiger partial charge in [0.2, 0.25) is 5.91 Å². The van der Waals surface area contributed by atoms with Crippen molar-refractivity contribution in [2.24, 2.45) is 0 Å². The Labute approximate surface area is 175 Å². The number of furan rings is 1. The molecule has 0 saturated heterocycles. The van der Waals surface area contributed by atoms with Crippen molar-refractivity contribution in [2.75, 3.05) is 7.05 Å². The molecule has 0 saturated carbocycles. The molecule has 0 radical (unpaired) electrons. The Hall–Kier alpha value is -3.90. The first-order chi connectivity index (χ1) is 14.3. The topological polar surface area (TPSA) is 122 Å². The van der Waals surface area contributed by atoms with Crippen LogP contribution in [0, 0.1) is 21.4 Å². The van der Waals surface area contributed by atoms with Crippen LogP contribution in [0.25, 0.3) is 11.3 Å². The van der Waals surface area contributed by atoms with Crippen molar-refractivity contribution < 1.29 is 14.1 Å². The third kappa shape index (κ3) is 4.56. The zero-order chi connectivity index (χ0) is 21.8. The van der Waals surface area contributed by atoms with Crippen LogP contribution in [0.4, 0.5) is 5.69 Å². The number of likely N-dealkylation sites (N-methyl/N-ethyl adjacent to an activating group) is 1. The van der Waals surface area contributed by atoms with Crippen LogP contribution >= 0.6 is 11.6 Å². The average Bonchev–Trinajstić information content (AvgIpc) is 3.18. The molecule has 152 valence electrons. The molecule has 0 atom stereocenters. The van der Waals surface area contributed by atoms with E-state index in [0.29, 0.717) is 16.5 Å². The number of hydrogen-bond donors (Lipinski definition) is 0. The number of pyridine rings is 1. The van der Waals surface area contributed by atoms with Gasteiger partial charge in [-0.25, -0.2) is 0 Å². The summed E-state index contributed by atoms with van der Waals surface area (Å²) in [6, 6.07) is 13.1. The number of benzene rings is 1. The Morgan fingerprint density at radius 3 is 2.63 bits per heavy atom. The van der Waals surface area contributed by atoms with Gasteiger partial charge in [0.05, 0.1) is 17.7 Å². The summed E-state index contributed by atoms with van der Waals surface area (Å²) < 4.78 is 6.61. The summed E-state index contributed by atoms with van der Waals surface area (Å²) >= 11 is 5.88. The number of nitro groups is 1. The van der Waals surface area contributed by atoms with Gasteiger partial charge in [-0.15, -0.1) is 0 Å². The van der Waals surface area contributed by atoms with Gasteiger partial charge in [0, 0.05) is 23.7 Å². The molecule has 2 heterocycles. The van der Waals surface area contributed by atoms with Gasteiger partial charge in [0.25, 0.3) is 11.2 Å². The highest BCUT2D eigenvalue weighted by atomic mass is 35.5. The summed E-state index contributed by atoms with van der Waals surface area (Å²) in [4.78, 5) is 36.3. The van der Waals surface area contributed by atoms with E-state index in [1.54, 1.807) is 42.5 Å². The monoisotopic (exact) mass is 426 g/mol. The quantitative estimate of drug-likeness (QED) is 0.440. The van der Waals surface area contributed by atoms with Gasteiger partial charge in [-0.3, -0.25) is 24.3 Å². The molecule has 0 spiro atoms.